The van der Waals surface area contributed by atoms with E-state index in [0.717, 1.165) is 12.0 Å². The Hall–Kier alpha value is -1.02. The number of nitrogens with two attached hydrogens (primary N) is 1. The molecule has 0 spiro atoms. The smallest absolute Gasteiger partial charge is 0.119 e. The maximum atomic E-state index is 9.78. The fourth-order valence-electron chi connectivity index (χ4n) is 1.85. The minimum atomic E-state index is 0.208. The molecular formula is C14H23NO. The molecule has 0 heterocycles. The molecular weight excluding hydrogens is 198 g/mol. The van der Waals surface area contributed by atoms with Gasteiger partial charge < -0.3 is 10.8 Å². The van der Waals surface area contributed by atoms with Gasteiger partial charge in [-0.05, 0) is 41.5 Å². The van der Waals surface area contributed by atoms with E-state index < -0.39 is 0 Å². The van der Waals surface area contributed by atoms with Crippen LogP contribution in [0.4, 0.5) is 0 Å². The molecule has 1 atom stereocenters. The van der Waals surface area contributed by atoms with Crippen LogP contribution in [0, 0.1) is 5.41 Å². The van der Waals surface area contributed by atoms with E-state index in [1.54, 1.807) is 6.07 Å². The van der Waals surface area contributed by atoms with Crippen LogP contribution in [-0.2, 0) is 6.42 Å². The molecule has 2 nitrogen and oxygen atoms in total. The van der Waals surface area contributed by atoms with Gasteiger partial charge in [-0.25, -0.2) is 0 Å². The summed E-state index contributed by atoms with van der Waals surface area (Å²) in [7, 11) is 0. The molecule has 1 aromatic carbocycles. The topological polar surface area (TPSA) is 46.2 Å². The molecule has 1 unspecified atom stereocenters. The normalized spacial score (nSPS) is 13.8. The van der Waals surface area contributed by atoms with Crippen molar-refractivity contribution in [2.24, 2.45) is 11.1 Å². The number of rotatable bonds is 3. The van der Waals surface area contributed by atoms with E-state index in [9.17, 15) is 5.11 Å². The second kappa shape index (κ2) is 4.88. The Morgan fingerprint density at radius 3 is 2.44 bits per heavy atom. The summed E-state index contributed by atoms with van der Waals surface area (Å²) in [5.41, 5.74) is 8.13. The summed E-state index contributed by atoms with van der Waals surface area (Å²) in [5.74, 6) is 0.565. The van der Waals surface area contributed by atoms with Crippen molar-refractivity contribution in [2.75, 3.05) is 6.54 Å². The van der Waals surface area contributed by atoms with Crippen LogP contribution in [0.25, 0.3) is 0 Å². The molecule has 1 aromatic rings. The van der Waals surface area contributed by atoms with E-state index in [1.807, 2.05) is 13.0 Å². The molecule has 0 aromatic heterocycles. The standard InChI is InChI=1S/C14H23NO/c1-10(9-15)12-7-11(5-6-13(12)16)8-14(2,3)4/h5-7,10,16H,8-9,15H2,1-4H3. The van der Waals surface area contributed by atoms with Gasteiger partial charge in [-0.1, -0.05) is 39.8 Å². The first kappa shape index (κ1) is 13.0. The van der Waals surface area contributed by atoms with Crippen LogP contribution in [0.1, 0.15) is 44.7 Å². The Balaban J connectivity index is 2.98. The predicted molar refractivity (Wildman–Crippen MR) is 68.7 cm³/mol. The van der Waals surface area contributed by atoms with Crippen LogP contribution in [0.2, 0.25) is 0 Å². The highest BCUT2D eigenvalue weighted by Gasteiger charge is 2.14. The lowest BCUT2D eigenvalue weighted by atomic mass is 9.86. The number of aromatic hydroxyl groups is 1. The van der Waals surface area contributed by atoms with Crippen molar-refractivity contribution in [1.29, 1.82) is 0 Å². The fourth-order valence-corrected chi connectivity index (χ4v) is 1.85. The molecule has 0 bridgehead atoms. The summed E-state index contributed by atoms with van der Waals surface area (Å²) >= 11 is 0. The molecule has 16 heavy (non-hydrogen) atoms. The number of hydrogen-bond donors (Lipinski definition) is 2. The quantitative estimate of drug-likeness (QED) is 0.824. The molecule has 0 aliphatic carbocycles. The van der Waals surface area contributed by atoms with Crippen molar-refractivity contribution >= 4 is 0 Å². The molecule has 0 amide bonds. The highest BCUT2D eigenvalue weighted by Crippen LogP contribution is 2.29. The zero-order valence-electron chi connectivity index (χ0n) is 10.7. The molecule has 0 fully saturated rings. The fraction of sp³-hybridized carbons (Fsp3) is 0.571. The number of phenolic OH excluding ortho intramolecular Hbond substituents is 1. The first-order valence-electron chi connectivity index (χ1n) is 5.85. The summed E-state index contributed by atoms with van der Waals surface area (Å²) in [6.07, 6.45) is 1.01. The molecule has 1 rings (SSSR count). The minimum Gasteiger partial charge on any atom is -0.508 e. The second-order valence-corrected chi connectivity index (χ2v) is 5.77. The van der Waals surface area contributed by atoms with Gasteiger partial charge in [0.1, 0.15) is 5.75 Å². The average molecular weight is 221 g/mol. The second-order valence-electron chi connectivity index (χ2n) is 5.77. The molecule has 3 N–H and O–H groups in total. The van der Waals surface area contributed by atoms with Gasteiger partial charge in [0.15, 0.2) is 0 Å². The van der Waals surface area contributed by atoms with Crippen LogP contribution < -0.4 is 5.73 Å². The third-order valence-corrected chi connectivity index (χ3v) is 2.71. The molecule has 0 aliphatic heterocycles. The molecule has 0 saturated heterocycles. The number of benzene rings is 1. The Morgan fingerprint density at radius 1 is 1.31 bits per heavy atom. The van der Waals surface area contributed by atoms with Crippen LogP contribution in [0.5, 0.6) is 5.75 Å². The van der Waals surface area contributed by atoms with Gasteiger partial charge in [0.2, 0.25) is 0 Å². The van der Waals surface area contributed by atoms with Gasteiger partial charge in [-0.2, -0.15) is 0 Å². The van der Waals surface area contributed by atoms with Gasteiger partial charge in [0.25, 0.3) is 0 Å². The van der Waals surface area contributed by atoms with E-state index in [-0.39, 0.29) is 11.3 Å². The third-order valence-electron chi connectivity index (χ3n) is 2.71. The van der Waals surface area contributed by atoms with Gasteiger partial charge in [-0.3, -0.25) is 0 Å². The monoisotopic (exact) mass is 221 g/mol. The number of hydrogen-bond acceptors (Lipinski definition) is 2. The third kappa shape index (κ3) is 3.53. The zero-order valence-corrected chi connectivity index (χ0v) is 10.7. The molecule has 0 radical (unpaired) electrons. The van der Waals surface area contributed by atoms with E-state index in [2.05, 4.69) is 26.8 Å². The molecule has 2 heteroatoms. The molecule has 0 saturated carbocycles. The lowest BCUT2D eigenvalue weighted by Crippen LogP contribution is -2.12. The van der Waals surface area contributed by atoms with Gasteiger partial charge in [-0.15, -0.1) is 0 Å². The first-order valence-corrected chi connectivity index (χ1v) is 5.85. The van der Waals surface area contributed by atoms with Crippen LogP contribution >= 0.6 is 0 Å². The SMILES string of the molecule is CC(CN)c1cc(CC(C)(C)C)ccc1O. The van der Waals surface area contributed by atoms with E-state index in [4.69, 9.17) is 5.73 Å². The van der Waals surface area contributed by atoms with E-state index in [0.29, 0.717) is 12.3 Å². The molecule has 0 aliphatic rings. The van der Waals surface area contributed by atoms with E-state index >= 15 is 0 Å². The lowest BCUT2D eigenvalue weighted by Gasteiger charge is -2.20. The maximum absolute atomic E-state index is 9.78. The van der Waals surface area contributed by atoms with Gasteiger partial charge >= 0.3 is 0 Å². The zero-order chi connectivity index (χ0) is 12.3. The summed E-state index contributed by atoms with van der Waals surface area (Å²) < 4.78 is 0. The minimum absolute atomic E-state index is 0.208. The summed E-state index contributed by atoms with van der Waals surface area (Å²) in [6, 6.07) is 5.86. The highest BCUT2D eigenvalue weighted by molar-refractivity contribution is 5.39. The van der Waals surface area contributed by atoms with Crippen molar-refractivity contribution in [2.45, 2.75) is 40.0 Å². The van der Waals surface area contributed by atoms with E-state index in [1.165, 1.54) is 5.56 Å². The van der Waals surface area contributed by atoms with Gasteiger partial charge in [0.05, 0.1) is 0 Å². The Bertz CT molecular complexity index is 352. The van der Waals surface area contributed by atoms with Crippen molar-refractivity contribution < 1.29 is 5.11 Å². The lowest BCUT2D eigenvalue weighted by molar-refractivity contribution is 0.410. The van der Waals surface area contributed by atoms with Crippen molar-refractivity contribution in [1.82, 2.24) is 0 Å². The Labute approximate surface area is 98.5 Å². The average Bonchev–Trinajstić information content (AvgIpc) is 2.18. The van der Waals surface area contributed by atoms with Crippen LogP contribution in [0.15, 0.2) is 18.2 Å². The largest absolute Gasteiger partial charge is 0.508 e. The summed E-state index contributed by atoms with van der Waals surface area (Å²) in [5, 5.41) is 9.78. The summed E-state index contributed by atoms with van der Waals surface area (Å²) in [4.78, 5) is 0. The molecule has 90 valence electrons. The van der Waals surface area contributed by atoms with Crippen molar-refractivity contribution in [3.63, 3.8) is 0 Å². The van der Waals surface area contributed by atoms with Gasteiger partial charge in [0, 0.05) is 0 Å². The predicted octanol–water partition coefficient (Wildman–Crippen LogP) is 3.04. The Morgan fingerprint density at radius 2 is 1.94 bits per heavy atom. The maximum Gasteiger partial charge on any atom is 0.119 e. The Kier molecular flexibility index (Phi) is 3.98. The van der Waals surface area contributed by atoms with Crippen molar-refractivity contribution in [3.8, 4) is 5.75 Å². The first-order chi connectivity index (χ1) is 7.33. The summed E-state index contributed by atoms with van der Waals surface area (Å²) in [6.45, 7) is 9.24. The highest BCUT2D eigenvalue weighted by atomic mass is 16.3. The van der Waals surface area contributed by atoms with Crippen LogP contribution in [-0.4, -0.2) is 11.7 Å². The number of phenols is 1. The van der Waals surface area contributed by atoms with Crippen LogP contribution in [0.3, 0.4) is 0 Å². The van der Waals surface area contributed by atoms with Crippen molar-refractivity contribution in [3.05, 3.63) is 29.3 Å².